The van der Waals surface area contributed by atoms with Crippen molar-refractivity contribution in [1.82, 2.24) is 5.43 Å². The summed E-state index contributed by atoms with van der Waals surface area (Å²) in [4.78, 5) is 11.7. The summed E-state index contributed by atoms with van der Waals surface area (Å²) in [5.74, 6) is -2.11. The van der Waals surface area contributed by atoms with Crippen LogP contribution in [0.2, 0.25) is 0 Å². The molecule has 0 atom stereocenters. The third kappa shape index (κ3) is 2.92. The van der Waals surface area contributed by atoms with Crippen LogP contribution in [0, 0.1) is 5.82 Å². The number of aromatic hydroxyl groups is 2. The van der Waals surface area contributed by atoms with Crippen LogP contribution in [-0.4, -0.2) is 22.3 Å². The standard InChI is InChI=1S/C14H11FN2O3/c15-11-6-3-4-9(13(11)19)8-16-17-14(20)10-5-1-2-7-12(10)18/h1-8,18-19H,(H,17,20)/b16-8-. The molecule has 2 rings (SSSR count). The molecule has 0 fully saturated rings. The lowest BCUT2D eigenvalue weighted by Gasteiger charge is -2.02. The van der Waals surface area contributed by atoms with E-state index in [9.17, 15) is 19.4 Å². The number of hydrogen-bond donors (Lipinski definition) is 3. The Balaban J connectivity index is 2.09. The van der Waals surface area contributed by atoms with Crippen molar-refractivity contribution in [2.45, 2.75) is 0 Å². The summed E-state index contributed by atoms with van der Waals surface area (Å²) in [6.07, 6.45) is 1.11. The minimum absolute atomic E-state index is 0.0631. The Morgan fingerprint density at radius 1 is 1.15 bits per heavy atom. The quantitative estimate of drug-likeness (QED) is 0.591. The normalized spacial score (nSPS) is 10.7. The van der Waals surface area contributed by atoms with E-state index in [1.54, 1.807) is 12.1 Å². The second-order valence-corrected chi connectivity index (χ2v) is 3.89. The SMILES string of the molecule is O=C(N/N=C\c1cccc(F)c1O)c1ccccc1O. The maximum atomic E-state index is 13.1. The van der Waals surface area contributed by atoms with E-state index >= 15 is 0 Å². The number of hydrogen-bond acceptors (Lipinski definition) is 4. The van der Waals surface area contributed by atoms with Crippen LogP contribution in [-0.2, 0) is 0 Å². The van der Waals surface area contributed by atoms with Crippen molar-refractivity contribution in [3.63, 3.8) is 0 Å². The van der Waals surface area contributed by atoms with Crippen molar-refractivity contribution in [2.75, 3.05) is 0 Å². The molecule has 20 heavy (non-hydrogen) atoms. The number of phenols is 2. The van der Waals surface area contributed by atoms with Crippen LogP contribution in [0.5, 0.6) is 11.5 Å². The smallest absolute Gasteiger partial charge is 0.275 e. The highest BCUT2D eigenvalue weighted by atomic mass is 19.1. The van der Waals surface area contributed by atoms with Gasteiger partial charge in [-0.25, -0.2) is 9.82 Å². The summed E-state index contributed by atoms with van der Waals surface area (Å²) >= 11 is 0. The van der Waals surface area contributed by atoms with E-state index < -0.39 is 17.5 Å². The monoisotopic (exact) mass is 274 g/mol. The van der Waals surface area contributed by atoms with Gasteiger partial charge in [-0.2, -0.15) is 5.10 Å². The van der Waals surface area contributed by atoms with E-state index in [-0.39, 0.29) is 16.9 Å². The highest BCUT2D eigenvalue weighted by molar-refractivity contribution is 5.97. The van der Waals surface area contributed by atoms with Crippen LogP contribution in [0.1, 0.15) is 15.9 Å². The molecular formula is C14H11FN2O3. The number of phenolic OH excluding ortho intramolecular Hbond substituents is 2. The summed E-state index contributed by atoms with van der Waals surface area (Å²) in [7, 11) is 0. The Kier molecular flexibility index (Phi) is 3.95. The van der Waals surface area contributed by atoms with E-state index in [4.69, 9.17) is 0 Å². The highest BCUT2D eigenvalue weighted by Crippen LogP contribution is 2.18. The largest absolute Gasteiger partial charge is 0.507 e. The van der Waals surface area contributed by atoms with Crippen LogP contribution in [0.15, 0.2) is 47.6 Å². The molecule has 102 valence electrons. The number of rotatable bonds is 3. The second-order valence-electron chi connectivity index (χ2n) is 3.89. The third-order valence-electron chi connectivity index (χ3n) is 2.54. The Morgan fingerprint density at radius 3 is 2.65 bits per heavy atom. The average Bonchev–Trinajstić information content (AvgIpc) is 2.44. The molecule has 2 aromatic rings. The van der Waals surface area contributed by atoms with Gasteiger partial charge in [0.15, 0.2) is 11.6 Å². The molecule has 3 N–H and O–H groups in total. The first-order chi connectivity index (χ1) is 9.59. The topological polar surface area (TPSA) is 81.9 Å². The van der Waals surface area contributed by atoms with Gasteiger partial charge >= 0.3 is 0 Å². The second kappa shape index (κ2) is 5.83. The van der Waals surface area contributed by atoms with Crippen molar-refractivity contribution in [3.8, 4) is 11.5 Å². The van der Waals surface area contributed by atoms with E-state index in [2.05, 4.69) is 10.5 Å². The Labute approximate surface area is 114 Å². The average molecular weight is 274 g/mol. The molecule has 2 aromatic carbocycles. The van der Waals surface area contributed by atoms with Gasteiger partial charge in [0, 0.05) is 5.56 Å². The maximum Gasteiger partial charge on any atom is 0.275 e. The first kappa shape index (κ1) is 13.5. The fourth-order valence-corrected chi connectivity index (χ4v) is 1.52. The molecule has 0 aliphatic heterocycles. The van der Waals surface area contributed by atoms with Crippen molar-refractivity contribution in [3.05, 3.63) is 59.4 Å². The summed E-state index contributed by atoms with van der Waals surface area (Å²) in [6.45, 7) is 0. The van der Waals surface area contributed by atoms with Crippen LogP contribution >= 0.6 is 0 Å². The fourth-order valence-electron chi connectivity index (χ4n) is 1.52. The zero-order chi connectivity index (χ0) is 14.5. The van der Waals surface area contributed by atoms with E-state index in [0.29, 0.717) is 0 Å². The first-order valence-corrected chi connectivity index (χ1v) is 5.68. The number of nitrogens with one attached hydrogen (secondary N) is 1. The number of benzene rings is 2. The van der Waals surface area contributed by atoms with Gasteiger partial charge in [0.1, 0.15) is 5.75 Å². The number of carbonyl (C=O) groups is 1. The molecule has 0 saturated heterocycles. The molecule has 0 spiro atoms. The number of nitrogens with zero attached hydrogens (tertiary/aromatic N) is 1. The van der Waals surface area contributed by atoms with Gasteiger partial charge < -0.3 is 10.2 Å². The molecule has 0 radical (unpaired) electrons. The van der Waals surface area contributed by atoms with Crippen LogP contribution < -0.4 is 5.43 Å². The first-order valence-electron chi connectivity index (χ1n) is 5.68. The highest BCUT2D eigenvalue weighted by Gasteiger charge is 2.09. The lowest BCUT2D eigenvalue weighted by atomic mass is 10.2. The minimum atomic E-state index is -0.777. The molecule has 0 saturated carbocycles. The molecule has 0 aliphatic rings. The predicted octanol–water partition coefficient (Wildman–Crippen LogP) is 2.00. The molecule has 0 bridgehead atoms. The zero-order valence-electron chi connectivity index (χ0n) is 10.2. The molecule has 0 unspecified atom stereocenters. The lowest BCUT2D eigenvalue weighted by molar-refractivity contribution is 0.0952. The van der Waals surface area contributed by atoms with Gasteiger partial charge in [-0.1, -0.05) is 18.2 Å². The van der Waals surface area contributed by atoms with Gasteiger partial charge in [-0.05, 0) is 24.3 Å². The lowest BCUT2D eigenvalue weighted by Crippen LogP contribution is -2.17. The van der Waals surface area contributed by atoms with Crippen molar-refractivity contribution < 1.29 is 19.4 Å². The van der Waals surface area contributed by atoms with Gasteiger partial charge in [0.05, 0.1) is 11.8 Å². The minimum Gasteiger partial charge on any atom is -0.507 e. The van der Waals surface area contributed by atoms with Gasteiger partial charge in [0.25, 0.3) is 5.91 Å². The van der Waals surface area contributed by atoms with Crippen LogP contribution in [0.3, 0.4) is 0 Å². The van der Waals surface area contributed by atoms with E-state index in [0.717, 1.165) is 12.3 Å². The number of amides is 1. The van der Waals surface area contributed by atoms with Crippen LogP contribution in [0.25, 0.3) is 0 Å². The van der Waals surface area contributed by atoms with Gasteiger partial charge in [-0.15, -0.1) is 0 Å². The van der Waals surface area contributed by atoms with E-state index in [1.165, 1.54) is 24.3 Å². The number of halogens is 1. The molecule has 6 heteroatoms. The summed E-state index contributed by atoms with van der Waals surface area (Å²) < 4.78 is 13.1. The Hall–Kier alpha value is -2.89. The van der Waals surface area contributed by atoms with Crippen molar-refractivity contribution in [2.24, 2.45) is 5.10 Å². The zero-order valence-corrected chi connectivity index (χ0v) is 10.2. The van der Waals surface area contributed by atoms with Gasteiger partial charge in [-0.3, -0.25) is 4.79 Å². The van der Waals surface area contributed by atoms with Gasteiger partial charge in [0.2, 0.25) is 0 Å². The van der Waals surface area contributed by atoms with E-state index in [1.807, 2.05) is 0 Å². The molecule has 5 nitrogen and oxygen atoms in total. The molecule has 0 aromatic heterocycles. The van der Waals surface area contributed by atoms with Crippen molar-refractivity contribution >= 4 is 12.1 Å². The number of carbonyl (C=O) groups excluding carboxylic acids is 1. The van der Waals surface area contributed by atoms with Crippen molar-refractivity contribution in [1.29, 1.82) is 0 Å². The third-order valence-corrected chi connectivity index (χ3v) is 2.54. The number of para-hydroxylation sites is 2. The Bertz CT molecular complexity index is 671. The summed E-state index contributed by atoms with van der Waals surface area (Å²) in [6, 6.07) is 9.93. The molecule has 1 amide bonds. The predicted molar refractivity (Wildman–Crippen MR) is 71.2 cm³/mol. The summed E-state index contributed by atoms with van der Waals surface area (Å²) in [5, 5.41) is 22.5. The van der Waals surface area contributed by atoms with Crippen LogP contribution in [0.4, 0.5) is 4.39 Å². The molecule has 0 heterocycles. The summed E-state index contributed by atoms with van der Waals surface area (Å²) in [5.41, 5.74) is 2.36. The Morgan fingerprint density at radius 2 is 1.90 bits per heavy atom. The molecular weight excluding hydrogens is 263 g/mol. The molecule has 0 aliphatic carbocycles. The maximum absolute atomic E-state index is 13.1. The fraction of sp³-hybridized carbons (Fsp3) is 0. The number of hydrazone groups is 1.